The van der Waals surface area contributed by atoms with Crippen LogP contribution >= 0.6 is 0 Å². The first kappa shape index (κ1) is 43.5. The Morgan fingerprint density at radius 1 is 0.361 bits per heavy atom. The van der Waals surface area contributed by atoms with Gasteiger partial charge < -0.3 is 0 Å². The average molecular weight is 947 g/mol. The smallest absolute Gasteiger partial charge is 0.201 e. The summed E-state index contributed by atoms with van der Waals surface area (Å²) in [6, 6.07) is 53.2. The lowest BCUT2D eigenvalue weighted by atomic mass is 9.81. The molecule has 0 radical (unpaired) electrons. The third-order valence-electron chi connectivity index (χ3n) is 16.6. The molecule has 6 aromatic carbocycles. The fourth-order valence-corrected chi connectivity index (χ4v) is 12.1. The van der Waals surface area contributed by atoms with Crippen LogP contribution in [0.3, 0.4) is 0 Å². The van der Waals surface area contributed by atoms with Crippen molar-refractivity contribution in [1.82, 2.24) is 0 Å². The molecule has 12 rings (SSSR count). The molecule has 72 heavy (non-hydrogen) atoms. The summed E-state index contributed by atoms with van der Waals surface area (Å²) in [5, 5.41) is 0. The second kappa shape index (κ2) is 17.8. The van der Waals surface area contributed by atoms with Crippen LogP contribution in [0.2, 0.25) is 0 Å². The number of aromatic nitrogens is 3. The Bertz CT molecular complexity index is 3830. The van der Waals surface area contributed by atoms with E-state index in [-0.39, 0.29) is 16.2 Å². The molecule has 0 unspecified atom stereocenters. The number of aryl methyl sites for hydroxylation is 8. The first-order valence-corrected chi connectivity index (χ1v) is 25.5. The van der Waals surface area contributed by atoms with Crippen molar-refractivity contribution in [3.63, 3.8) is 0 Å². The maximum Gasteiger partial charge on any atom is 0.212 e. The van der Waals surface area contributed by atoms with Gasteiger partial charge in [0.2, 0.25) is 17.1 Å². The van der Waals surface area contributed by atoms with Crippen molar-refractivity contribution in [3.05, 3.63) is 231 Å². The molecule has 3 aliphatic carbocycles. The number of benzene rings is 6. The Hall–Kier alpha value is -7.23. The molecule has 3 heteroatoms. The van der Waals surface area contributed by atoms with Gasteiger partial charge in [-0.1, -0.05) is 133 Å². The summed E-state index contributed by atoms with van der Waals surface area (Å²) < 4.78 is 37.4. The SMILES string of the molecule is Cc1cc2c(cc1-c1cccc(C)[n+]1C)C(C)(C)c1ccccc1-2.[2H]C([2H])([2H])c1c[n+](C)c(-c2cc3c(cc2C)-c2ccccc2C3(C)C)cc1C.[2H]c1ccc(-c2cc3c(cc2C)-c2ccccc2C3(C)C)[n+](C)c1. The molecule has 3 heterocycles. The fraction of sp³-hybridized carbons (Fsp3) is 0.261. The van der Waals surface area contributed by atoms with E-state index in [1.165, 1.54) is 106 Å². The molecule has 3 nitrogen and oxygen atoms in total. The van der Waals surface area contributed by atoms with E-state index in [0.29, 0.717) is 11.6 Å². The van der Waals surface area contributed by atoms with Crippen molar-refractivity contribution >= 4 is 0 Å². The minimum Gasteiger partial charge on any atom is -0.201 e. The van der Waals surface area contributed by atoms with Crippen molar-refractivity contribution in [2.75, 3.05) is 0 Å². The minimum absolute atomic E-state index is 0.0162. The Labute approximate surface area is 435 Å². The molecule has 0 atom stereocenters. The van der Waals surface area contributed by atoms with Gasteiger partial charge in [-0.05, 0) is 154 Å². The summed E-state index contributed by atoms with van der Waals surface area (Å²) in [5.41, 5.74) is 30.0. The van der Waals surface area contributed by atoms with E-state index in [1.54, 1.807) is 6.20 Å². The second-order valence-corrected chi connectivity index (χ2v) is 22.3. The molecule has 3 aliphatic rings. The summed E-state index contributed by atoms with van der Waals surface area (Å²) >= 11 is 0. The van der Waals surface area contributed by atoms with Gasteiger partial charge in [-0.2, -0.15) is 4.57 Å². The van der Waals surface area contributed by atoms with E-state index in [1.807, 2.05) is 54.5 Å². The van der Waals surface area contributed by atoms with Crippen LogP contribution in [0.5, 0.6) is 0 Å². The number of pyridine rings is 3. The van der Waals surface area contributed by atoms with E-state index < -0.39 is 6.85 Å². The van der Waals surface area contributed by atoms with E-state index >= 15 is 0 Å². The average Bonchev–Trinajstić information content (AvgIpc) is 4.00. The number of fused-ring (bicyclic) bond motifs is 9. The predicted molar refractivity (Wildman–Crippen MR) is 300 cm³/mol. The first-order valence-electron chi connectivity index (χ1n) is 27.5. The van der Waals surface area contributed by atoms with E-state index in [4.69, 9.17) is 5.48 Å². The highest BCUT2D eigenvalue weighted by Crippen LogP contribution is 2.53. The topological polar surface area (TPSA) is 11.6 Å². The Kier molecular flexibility index (Phi) is 10.8. The van der Waals surface area contributed by atoms with Crippen LogP contribution in [0.4, 0.5) is 0 Å². The molecule has 0 amide bonds. The van der Waals surface area contributed by atoms with Crippen LogP contribution in [0.25, 0.3) is 67.2 Å². The largest absolute Gasteiger partial charge is 0.212 e. The molecular weight excluding hydrogens is 871 g/mol. The summed E-state index contributed by atoms with van der Waals surface area (Å²) in [5.74, 6) is 0. The molecule has 0 N–H and O–H groups in total. The monoisotopic (exact) mass is 947 g/mol. The number of nitrogens with zero attached hydrogens (tertiary/aromatic N) is 3. The zero-order valence-electron chi connectivity index (χ0n) is 48.9. The van der Waals surface area contributed by atoms with Gasteiger partial charge in [0.15, 0.2) is 18.1 Å². The highest BCUT2D eigenvalue weighted by Gasteiger charge is 2.39. The second-order valence-electron chi connectivity index (χ2n) is 22.3. The molecule has 0 fully saturated rings. The predicted octanol–water partition coefficient (Wildman–Crippen LogP) is 15.3. The normalized spacial score (nSPS) is 15.4. The van der Waals surface area contributed by atoms with Crippen molar-refractivity contribution in [2.45, 2.75) is 99.3 Å². The van der Waals surface area contributed by atoms with Crippen LogP contribution < -0.4 is 13.7 Å². The van der Waals surface area contributed by atoms with Gasteiger partial charge in [-0.25, -0.2) is 9.13 Å². The molecule has 0 spiro atoms. The maximum absolute atomic E-state index is 7.80. The van der Waals surface area contributed by atoms with E-state index in [9.17, 15) is 0 Å². The van der Waals surface area contributed by atoms with Gasteiger partial charge in [-0.15, -0.1) is 0 Å². The quantitative estimate of drug-likeness (QED) is 0.156. The Balaban J connectivity index is 0.000000130. The van der Waals surface area contributed by atoms with Crippen LogP contribution in [-0.4, -0.2) is 0 Å². The third kappa shape index (κ3) is 7.84. The summed E-state index contributed by atoms with van der Waals surface area (Å²) in [7, 11) is 6.09. The molecule has 0 aliphatic heterocycles. The molecule has 0 saturated heterocycles. The van der Waals surface area contributed by atoms with Gasteiger partial charge in [0, 0.05) is 79.8 Å². The van der Waals surface area contributed by atoms with Crippen LogP contribution in [-0.2, 0) is 37.4 Å². The molecular formula is C69H72N3+3. The van der Waals surface area contributed by atoms with Gasteiger partial charge in [0.25, 0.3) is 0 Å². The van der Waals surface area contributed by atoms with Crippen molar-refractivity contribution in [1.29, 1.82) is 0 Å². The summed E-state index contributed by atoms with van der Waals surface area (Å²) in [4.78, 5) is 0. The Morgan fingerprint density at radius 2 is 0.778 bits per heavy atom. The standard InChI is InChI=1S/C24H26N.C23H24N.C22H22N/c1-15-12-23(25(6)14-17(15)3)19-13-22-20(11-16(19)2)18-9-7-8-10-21(18)24(22,4)5;1-15-13-19-17-10-6-7-11-20(17)23(3,4)21(19)14-18(15)22-12-8-9-16(2)24(22)5;1-15-13-18-16-9-5-6-10-19(16)22(2,3)20(18)14-17(15)21-11-7-8-12-23(21)4/h7-14H,1-6H3;6-14H,1-5H3;5-14H,1-4H3/q3*+1/i3D3;;8D. The lowest BCUT2D eigenvalue weighted by molar-refractivity contribution is -0.666. The number of rotatable bonds is 3. The van der Waals surface area contributed by atoms with Crippen molar-refractivity contribution in [2.24, 2.45) is 21.1 Å². The van der Waals surface area contributed by atoms with Gasteiger partial charge in [0.05, 0.1) is 1.37 Å². The highest BCUT2D eigenvalue weighted by molar-refractivity contribution is 5.87. The summed E-state index contributed by atoms with van der Waals surface area (Å²) in [6.07, 6.45) is 3.62. The first-order chi connectivity index (χ1) is 35.8. The van der Waals surface area contributed by atoms with Crippen LogP contribution in [0, 0.1) is 41.5 Å². The number of hydrogen-bond donors (Lipinski definition) is 0. The fourth-order valence-electron chi connectivity index (χ4n) is 12.1. The van der Waals surface area contributed by atoms with Gasteiger partial charge in [0.1, 0.15) is 21.1 Å². The van der Waals surface area contributed by atoms with Crippen LogP contribution in [0.15, 0.2) is 164 Å². The van der Waals surface area contributed by atoms with E-state index in [0.717, 1.165) is 22.5 Å². The van der Waals surface area contributed by atoms with E-state index in [2.05, 4.69) is 208 Å². The molecule has 360 valence electrons. The molecule has 3 aromatic heterocycles. The zero-order valence-corrected chi connectivity index (χ0v) is 44.9. The maximum atomic E-state index is 7.80. The highest BCUT2D eigenvalue weighted by atomic mass is 14.9. The minimum atomic E-state index is -2.10. The lowest BCUT2D eigenvalue weighted by Gasteiger charge is -2.22. The van der Waals surface area contributed by atoms with Crippen LogP contribution in [0.1, 0.15) is 114 Å². The third-order valence-corrected chi connectivity index (χ3v) is 16.6. The van der Waals surface area contributed by atoms with Gasteiger partial charge in [-0.3, -0.25) is 0 Å². The molecule has 9 aromatic rings. The number of hydrogen-bond acceptors (Lipinski definition) is 0. The van der Waals surface area contributed by atoms with Gasteiger partial charge >= 0.3 is 0 Å². The molecule has 0 bridgehead atoms. The van der Waals surface area contributed by atoms with Crippen molar-refractivity contribution in [3.8, 4) is 67.2 Å². The summed E-state index contributed by atoms with van der Waals surface area (Å²) in [6.45, 7) is 22.3. The Morgan fingerprint density at radius 3 is 1.22 bits per heavy atom. The zero-order chi connectivity index (χ0) is 54.6. The van der Waals surface area contributed by atoms with Crippen molar-refractivity contribution < 1.29 is 19.2 Å². The molecule has 0 saturated carbocycles. The lowest BCUT2D eigenvalue weighted by Crippen LogP contribution is -2.34.